The maximum absolute atomic E-state index is 12.6. The van der Waals surface area contributed by atoms with Crippen LogP contribution >= 0.6 is 11.6 Å². The van der Waals surface area contributed by atoms with Crippen LogP contribution in [-0.4, -0.2) is 51.8 Å². The van der Waals surface area contributed by atoms with E-state index in [0.717, 1.165) is 12.0 Å². The SMILES string of the molecule is COc1ccc(Cl)cc1NC(=O)[C@@H](C)N(C)CCc1ccc(OC)c(OC)c1. The zero-order valence-corrected chi connectivity index (χ0v) is 17.7. The van der Waals surface area contributed by atoms with Crippen LogP contribution < -0.4 is 19.5 Å². The van der Waals surface area contributed by atoms with Gasteiger partial charge in [0, 0.05) is 11.6 Å². The Bertz CT molecular complexity index is 813. The Hall–Kier alpha value is -2.44. The van der Waals surface area contributed by atoms with Crippen LogP contribution in [-0.2, 0) is 11.2 Å². The first-order chi connectivity index (χ1) is 13.4. The highest BCUT2D eigenvalue weighted by atomic mass is 35.5. The topological polar surface area (TPSA) is 60.0 Å². The standard InChI is InChI=1S/C21H27ClN2O4/c1-14(21(25)23-17-13-16(22)7-9-18(17)26-3)24(2)11-10-15-6-8-19(27-4)20(12-15)28-5/h6-9,12-14H,10-11H2,1-5H3,(H,23,25)/t14-/m1/s1. The lowest BCUT2D eigenvalue weighted by Gasteiger charge is -2.24. The molecule has 0 saturated carbocycles. The van der Waals surface area contributed by atoms with Gasteiger partial charge in [-0.25, -0.2) is 0 Å². The van der Waals surface area contributed by atoms with Gasteiger partial charge in [-0.15, -0.1) is 0 Å². The predicted molar refractivity (Wildman–Crippen MR) is 112 cm³/mol. The minimum atomic E-state index is -0.330. The molecule has 2 rings (SSSR count). The zero-order valence-electron chi connectivity index (χ0n) is 16.9. The minimum Gasteiger partial charge on any atom is -0.495 e. The van der Waals surface area contributed by atoms with Gasteiger partial charge in [-0.05, 0) is 56.3 Å². The van der Waals surface area contributed by atoms with E-state index in [1.807, 2.05) is 37.1 Å². The lowest BCUT2D eigenvalue weighted by molar-refractivity contribution is -0.120. The van der Waals surface area contributed by atoms with Crippen LogP contribution in [0.3, 0.4) is 0 Å². The molecule has 0 radical (unpaired) electrons. The van der Waals surface area contributed by atoms with E-state index in [9.17, 15) is 4.79 Å². The third kappa shape index (κ3) is 5.53. The second kappa shape index (κ2) is 10.2. The van der Waals surface area contributed by atoms with E-state index in [0.29, 0.717) is 34.5 Å². The van der Waals surface area contributed by atoms with Crippen LogP contribution in [0.5, 0.6) is 17.2 Å². The van der Waals surface area contributed by atoms with Crippen molar-refractivity contribution in [3.63, 3.8) is 0 Å². The van der Waals surface area contributed by atoms with E-state index < -0.39 is 0 Å². The molecule has 0 aliphatic heterocycles. The summed E-state index contributed by atoms with van der Waals surface area (Å²) in [4.78, 5) is 14.6. The molecule has 1 atom stereocenters. The van der Waals surface area contributed by atoms with E-state index in [4.69, 9.17) is 25.8 Å². The highest BCUT2D eigenvalue weighted by Gasteiger charge is 2.19. The lowest BCUT2D eigenvalue weighted by atomic mass is 10.1. The molecule has 0 aliphatic rings. The van der Waals surface area contributed by atoms with E-state index in [2.05, 4.69) is 5.32 Å². The fraction of sp³-hybridized carbons (Fsp3) is 0.381. The van der Waals surface area contributed by atoms with Gasteiger partial charge in [-0.2, -0.15) is 0 Å². The summed E-state index contributed by atoms with van der Waals surface area (Å²) in [6.45, 7) is 2.57. The number of likely N-dealkylation sites (N-methyl/N-ethyl adjacent to an activating group) is 1. The fourth-order valence-electron chi connectivity index (χ4n) is 2.75. The number of ether oxygens (including phenoxy) is 3. The van der Waals surface area contributed by atoms with Gasteiger partial charge in [-0.1, -0.05) is 17.7 Å². The highest BCUT2D eigenvalue weighted by Crippen LogP contribution is 2.29. The average molecular weight is 407 g/mol. The molecule has 0 saturated heterocycles. The summed E-state index contributed by atoms with van der Waals surface area (Å²) in [5, 5.41) is 3.42. The van der Waals surface area contributed by atoms with Crippen LogP contribution in [0.4, 0.5) is 5.69 Å². The molecule has 1 amide bonds. The molecule has 0 heterocycles. The maximum Gasteiger partial charge on any atom is 0.241 e. The Morgan fingerprint density at radius 2 is 1.68 bits per heavy atom. The Labute approximate surface area is 171 Å². The number of anilines is 1. The first-order valence-electron chi connectivity index (χ1n) is 8.95. The molecule has 0 spiro atoms. The molecule has 0 fully saturated rings. The van der Waals surface area contributed by atoms with Gasteiger partial charge >= 0.3 is 0 Å². The fourth-order valence-corrected chi connectivity index (χ4v) is 2.92. The van der Waals surface area contributed by atoms with Crippen LogP contribution in [0.15, 0.2) is 36.4 Å². The largest absolute Gasteiger partial charge is 0.495 e. The molecule has 0 unspecified atom stereocenters. The Kier molecular flexibility index (Phi) is 7.96. The third-order valence-corrected chi connectivity index (χ3v) is 4.90. The summed E-state index contributed by atoms with van der Waals surface area (Å²) in [7, 11) is 6.70. The van der Waals surface area contributed by atoms with Crippen molar-refractivity contribution in [2.24, 2.45) is 0 Å². The number of nitrogens with one attached hydrogen (secondary N) is 1. The van der Waals surface area contributed by atoms with Crippen molar-refractivity contribution in [2.45, 2.75) is 19.4 Å². The summed E-state index contributed by atoms with van der Waals surface area (Å²) in [6, 6.07) is 10.6. The van der Waals surface area contributed by atoms with Crippen molar-refractivity contribution < 1.29 is 19.0 Å². The molecule has 7 heteroatoms. The normalized spacial score (nSPS) is 11.8. The molecule has 1 N–H and O–H groups in total. The number of hydrogen-bond donors (Lipinski definition) is 1. The van der Waals surface area contributed by atoms with Crippen molar-refractivity contribution in [3.05, 3.63) is 47.0 Å². The Morgan fingerprint density at radius 3 is 2.32 bits per heavy atom. The summed E-state index contributed by atoms with van der Waals surface area (Å²) >= 11 is 6.03. The molecule has 0 bridgehead atoms. The molecule has 0 aliphatic carbocycles. The number of methoxy groups -OCH3 is 3. The monoisotopic (exact) mass is 406 g/mol. The van der Waals surface area contributed by atoms with Gasteiger partial charge in [0.15, 0.2) is 11.5 Å². The molecule has 2 aromatic carbocycles. The summed E-state index contributed by atoms with van der Waals surface area (Å²) < 4.78 is 15.9. The van der Waals surface area contributed by atoms with E-state index >= 15 is 0 Å². The number of carbonyl (C=O) groups is 1. The smallest absolute Gasteiger partial charge is 0.241 e. The van der Waals surface area contributed by atoms with Crippen LogP contribution in [0, 0.1) is 0 Å². The number of benzene rings is 2. The van der Waals surface area contributed by atoms with Crippen molar-refractivity contribution >= 4 is 23.2 Å². The van der Waals surface area contributed by atoms with Gasteiger partial charge in [0.1, 0.15) is 5.75 Å². The number of rotatable bonds is 9. The average Bonchev–Trinajstić information content (AvgIpc) is 2.71. The van der Waals surface area contributed by atoms with E-state index in [1.54, 1.807) is 39.5 Å². The molecule has 2 aromatic rings. The summed E-state index contributed by atoms with van der Waals surface area (Å²) in [5.74, 6) is 1.83. The number of halogens is 1. The van der Waals surface area contributed by atoms with Gasteiger partial charge in [-0.3, -0.25) is 9.69 Å². The number of carbonyl (C=O) groups excluding carboxylic acids is 1. The van der Waals surface area contributed by atoms with Crippen molar-refractivity contribution in [1.82, 2.24) is 4.90 Å². The quantitative estimate of drug-likeness (QED) is 0.685. The zero-order chi connectivity index (χ0) is 20.7. The Balaban J connectivity index is 1.98. The first kappa shape index (κ1) is 21.9. The molecular formula is C21H27ClN2O4. The molecule has 152 valence electrons. The summed E-state index contributed by atoms with van der Waals surface area (Å²) in [5.41, 5.74) is 1.66. The van der Waals surface area contributed by atoms with Crippen molar-refractivity contribution in [1.29, 1.82) is 0 Å². The minimum absolute atomic E-state index is 0.129. The Morgan fingerprint density at radius 1 is 1.04 bits per heavy atom. The molecular weight excluding hydrogens is 380 g/mol. The van der Waals surface area contributed by atoms with Crippen LogP contribution in [0.2, 0.25) is 5.02 Å². The third-order valence-electron chi connectivity index (χ3n) is 4.66. The van der Waals surface area contributed by atoms with Crippen molar-refractivity contribution in [2.75, 3.05) is 40.2 Å². The molecule has 28 heavy (non-hydrogen) atoms. The van der Waals surface area contributed by atoms with Crippen LogP contribution in [0.1, 0.15) is 12.5 Å². The molecule has 0 aromatic heterocycles. The highest BCUT2D eigenvalue weighted by molar-refractivity contribution is 6.31. The van der Waals surface area contributed by atoms with Gasteiger partial charge < -0.3 is 19.5 Å². The summed E-state index contributed by atoms with van der Waals surface area (Å²) in [6.07, 6.45) is 0.773. The van der Waals surface area contributed by atoms with E-state index in [1.165, 1.54) is 0 Å². The number of nitrogens with zero attached hydrogens (tertiary/aromatic N) is 1. The van der Waals surface area contributed by atoms with Crippen LogP contribution in [0.25, 0.3) is 0 Å². The van der Waals surface area contributed by atoms with Crippen molar-refractivity contribution in [3.8, 4) is 17.2 Å². The number of amides is 1. The van der Waals surface area contributed by atoms with E-state index in [-0.39, 0.29) is 11.9 Å². The van der Waals surface area contributed by atoms with Gasteiger partial charge in [0.2, 0.25) is 5.91 Å². The first-order valence-corrected chi connectivity index (χ1v) is 9.33. The second-order valence-electron chi connectivity index (χ2n) is 6.43. The van der Waals surface area contributed by atoms with Gasteiger partial charge in [0.25, 0.3) is 0 Å². The van der Waals surface area contributed by atoms with Gasteiger partial charge in [0.05, 0.1) is 33.1 Å². The predicted octanol–water partition coefficient (Wildman–Crippen LogP) is 3.87. The second-order valence-corrected chi connectivity index (χ2v) is 6.87. The maximum atomic E-state index is 12.6. The molecule has 6 nitrogen and oxygen atoms in total. The lowest BCUT2D eigenvalue weighted by Crippen LogP contribution is -2.40. The number of hydrogen-bond acceptors (Lipinski definition) is 5.